The Hall–Kier alpha value is -0.706. The Balaban J connectivity index is 0.00000200. The molecule has 0 atom stereocenters. The van der Waals surface area contributed by atoms with Crippen LogP contribution in [0.2, 0.25) is 0 Å². The number of carbonyl (C=O) groups excluding carboxylic acids is 1. The quantitative estimate of drug-likeness (QED) is 0.619. The van der Waals surface area contributed by atoms with Gasteiger partial charge in [0.1, 0.15) is 5.75 Å². The van der Waals surface area contributed by atoms with E-state index in [0.717, 1.165) is 22.6 Å². The predicted octanol–water partition coefficient (Wildman–Crippen LogP) is 2.37. The van der Waals surface area contributed by atoms with Crippen molar-refractivity contribution >= 4 is 11.6 Å². The third kappa shape index (κ3) is 3.90. The van der Waals surface area contributed by atoms with Crippen LogP contribution < -0.4 is 4.74 Å². The molecule has 0 bridgehead atoms. The van der Waals surface area contributed by atoms with Crippen molar-refractivity contribution in [2.75, 3.05) is 21.0 Å². The van der Waals surface area contributed by atoms with E-state index in [9.17, 15) is 4.79 Å². The average Bonchev–Trinajstić information content (AvgIpc) is 2.40. The Morgan fingerprint density at radius 1 is 1.40 bits per heavy atom. The molecule has 0 fully saturated rings. The van der Waals surface area contributed by atoms with Gasteiger partial charge in [0.25, 0.3) is 0 Å². The normalized spacial score (nSPS) is 14.7. The molecule has 5 heteroatoms. The van der Waals surface area contributed by atoms with E-state index in [4.69, 9.17) is 9.47 Å². The van der Waals surface area contributed by atoms with Crippen molar-refractivity contribution in [3.63, 3.8) is 0 Å². The number of methoxy groups -OCH3 is 1. The molecule has 0 unspecified atom stereocenters. The van der Waals surface area contributed by atoms with E-state index < -0.39 is 0 Å². The standard InChI is InChI=1S/C15H18NO3.Y/c1-11-9-12(19-10-18-3)7-8-13(11)14-5-4-6-15(17)16(14)2;/h7-9H,4,6,10H2,1-3H3;/q-1;. The molecule has 1 radical (unpaired) electrons. The minimum absolute atomic E-state index is 0. The molecule has 1 aromatic carbocycles. The number of hydrogen-bond donors (Lipinski definition) is 0. The summed E-state index contributed by atoms with van der Waals surface area (Å²) < 4.78 is 10.3. The molecule has 0 saturated carbocycles. The summed E-state index contributed by atoms with van der Waals surface area (Å²) in [7, 11) is 3.38. The summed E-state index contributed by atoms with van der Waals surface area (Å²) in [5.74, 6) is 0.890. The van der Waals surface area contributed by atoms with Crippen molar-refractivity contribution in [1.29, 1.82) is 0 Å². The van der Waals surface area contributed by atoms with Crippen molar-refractivity contribution in [2.24, 2.45) is 0 Å². The second-order valence-corrected chi connectivity index (χ2v) is 4.51. The van der Waals surface area contributed by atoms with E-state index in [0.29, 0.717) is 12.8 Å². The number of carbonyl (C=O) groups is 1. The van der Waals surface area contributed by atoms with E-state index in [2.05, 4.69) is 6.08 Å². The van der Waals surface area contributed by atoms with Crippen LogP contribution in [0.5, 0.6) is 5.75 Å². The smallest absolute Gasteiger partial charge is 0.222 e. The Bertz CT molecular complexity index is 514. The third-order valence-corrected chi connectivity index (χ3v) is 3.14. The van der Waals surface area contributed by atoms with Crippen LogP contribution >= 0.6 is 0 Å². The zero-order valence-electron chi connectivity index (χ0n) is 12.1. The Morgan fingerprint density at radius 2 is 2.15 bits per heavy atom. The van der Waals surface area contributed by atoms with Crippen LogP contribution in [0.25, 0.3) is 5.70 Å². The summed E-state index contributed by atoms with van der Waals surface area (Å²) in [6.45, 7) is 2.22. The van der Waals surface area contributed by atoms with Crippen LogP contribution in [0.4, 0.5) is 0 Å². The average molecular weight is 349 g/mol. The van der Waals surface area contributed by atoms with Crippen molar-refractivity contribution in [3.8, 4) is 5.75 Å². The van der Waals surface area contributed by atoms with Gasteiger partial charge in [-0.1, -0.05) is 6.92 Å². The summed E-state index contributed by atoms with van der Waals surface area (Å²) in [6, 6.07) is 5.77. The van der Waals surface area contributed by atoms with Gasteiger partial charge in [0.05, 0.1) is 0 Å². The first-order valence-electron chi connectivity index (χ1n) is 6.23. The van der Waals surface area contributed by atoms with Gasteiger partial charge in [-0.2, -0.15) is 0 Å². The molecule has 0 saturated heterocycles. The molecule has 4 nitrogen and oxygen atoms in total. The number of amides is 1. The largest absolute Gasteiger partial charge is 0.468 e. The Morgan fingerprint density at radius 3 is 2.80 bits per heavy atom. The van der Waals surface area contributed by atoms with E-state index in [1.54, 1.807) is 19.1 Å². The summed E-state index contributed by atoms with van der Waals surface area (Å²) in [5, 5.41) is 0. The van der Waals surface area contributed by atoms with Gasteiger partial charge in [-0.25, -0.2) is 6.08 Å². The molecule has 0 aliphatic carbocycles. The molecule has 0 spiro atoms. The van der Waals surface area contributed by atoms with Gasteiger partial charge in [-0.05, 0) is 12.1 Å². The Labute approximate surface area is 145 Å². The van der Waals surface area contributed by atoms with Gasteiger partial charge in [0.15, 0.2) is 6.79 Å². The minimum atomic E-state index is 0. The number of aryl methyl sites for hydroxylation is 1. The van der Waals surface area contributed by atoms with Gasteiger partial charge >= 0.3 is 0 Å². The summed E-state index contributed by atoms with van der Waals surface area (Å²) in [6.07, 6.45) is 4.49. The molecule has 20 heavy (non-hydrogen) atoms. The molecule has 1 aromatic rings. The number of ether oxygens (including phenoxy) is 2. The van der Waals surface area contributed by atoms with Gasteiger partial charge < -0.3 is 14.4 Å². The molecule has 0 N–H and O–H groups in total. The fourth-order valence-electron chi connectivity index (χ4n) is 2.09. The summed E-state index contributed by atoms with van der Waals surface area (Å²) >= 11 is 0. The van der Waals surface area contributed by atoms with E-state index in [1.165, 1.54) is 0 Å². The molecular formula is C15H18NO3Y-. The van der Waals surface area contributed by atoms with E-state index in [-0.39, 0.29) is 45.4 Å². The van der Waals surface area contributed by atoms with Gasteiger partial charge in [-0.15, -0.1) is 29.3 Å². The zero-order chi connectivity index (χ0) is 13.8. The molecule has 2 rings (SSSR count). The number of nitrogens with zero attached hydrogens (tertiary/aromatic N) is 1. The maximum atomic E-state index is 11.7. The number of benzene rings is 1. The van der Waals surface area contributed by atoms with Gasteiger partial charge in [-0.3, -0.25) is 4.79 Å². The fraction of sp³-hybridized carbons (Fsp3) is 0.400. The van der Waals surface area contributed by atoms with Crippen LogP contribution in [0, 0.1) is 13.0 Å². The molecule has 1 aliphatic rings. The minimum Gasteiger partial charge on any atom is -0.468 e. The number of allylic oxidation sites excluding steroid dienone is 1. The first kappa shape index (κ1) is 17.3. The third-order valence-electron chi connectivity index (χ3n) is 3.14. The predicted molar refractivity (Wildman–Crippen MR) is 72.3 cm³/mol. The van der Waals surface area contributed by atoms with Crippen LogP contribution in [-0.2, 0) is 42.2 Å². The van der Waals surface area contributed by atoms with Crippen LogP contribution in [0.3, 0.4) is 0 Å². The van der Waals surface area contributed by atoms with Crippen LogP contribution in [-0.4, -0.2) is 31.8 Å². The summed E-state index contributed by atoms with van der Waals surface area (Å²) in [5.41, 5.74) is 2.92. The maximum Gasteiger partial charge on any atom is 0.222 e. The first-order chi connectivity index (χ1) is 9.13. The number of rotatable bonds is 4. The Kier molecular flexibility index (Phi) is 6.86. The monoisotopic (exact) mass is 349 g/mol. The second-order valence-electron chi connectivity index (χ2n) is 4.51. The molecule has 1 aliphatic heterocycles. The zero-order valence-corrected chi connectivity index (χ0v) is 14.9. The van der Waals surface area contributed by atoms with Crippen molar-refractivity contribution in [3.05, 3.63) is 35.4 Å². The van der Waals surface area contributed by atoms with Gasteiger partial charge in [0.2, 0.25) is 5.91 Å². The van der Waals surface area contributed by atoms with E-state index >= 15 is 0 Å². The van der Waals surface area contributed by atoms with Crippen LogP contribution in [0.1, 0.15) is 24.0 Å². The number of hydrogen-bond acceptors (Lipinski definition) is 3. The van der Waals surface area contributed by atoms with Crippen molar-refractivity contribution in [2.45, 2.75) is 19.8 Å². The molecule has 1 amide bonds. The SMILES string of the molecule is COCOc1ccc(C2=[C-]CCC(=O)N2C)c(C)c1.[Y]. The molecular weight excluding hydrogens is 331 g/mol. The topological polar surface area (TPSA) is 38.8 Å². The molecule has 105 valence electrons. The fourth-order valence-corrected chi connectivity index (χ4v) is 2.09. The van der Waals surface area contributed by atoms with Crippen molar-refractivity contribution in [1.82, 2.24) is 4.90 Å². The first-order valence-corrected chi connectivity index (χ1v) is 6.23. The van der Waals surface area contributed by atoms with Crippen LogP contribution in [0.15, 0.2) is 18.2 Å². The maximum absolute atomic E-state index is 11.7. The molecule has 0 aromatic heterocycles. The second kappa shape index (κ2) is 7.91. The van der Waals surface area contributed by atoms with Gasteiger partial charge in [0, 0.05) is 53.3 Å². The summed E-state index contributed by atoms with van der Waals surface area (Å²) in [4.78, 5) is 13.4. The van der Waals surface area contributed by atoms with E-state index in [1.807, 2.05) is 25.1 Å². The van der Waals surface area contributed by atoms with Crippen molar-refractivity contribution < 1.29 is 47.0 Å². The molecule has 1 heterocycles.